The van der Waals surface area contributed by atoms with Crippen LogP contribution in [-0.2, 0) is 20.9 Å². The summed E-state index contributed by atoms with van der Waals surface area (Å²) in [6, 6.07) is 10.9. The van der Waals surface area contributed by atoms with Crippen LogP contribution in [0.3, 0.4) is 0 Å². The predicted octanol–water partition coefficient (Wildman–Crippen LogP) is 4.07. The first-order valence-corrected chi connectivity index (χ1v) is 10.9. The molecule has 0 atom stereocenters. The van der Waals surface area contributed by atoms with Crippen molar-refractivity contribution < 1.29 is 31.1 Å². The molecule has 0 unspecified atom stereocenters. The number of halogens is 3. The maximum atomic E-state index is 12.9. The summed E-state index contributed by atoms with van der Waals surface area (Å²) in [5.41, 5.74) is 0.518. The number of carbonyl (C=O) groups excluding carboxylic acids is 1. The minimum atomic E-state index is -4.61. The number of Topliss-reactive ketones (excluding diaryl/α,β-unsaturated/α-hetero) is 1. The van der Waals surface area contributed by atoms with Crippen molar-refractivity contribution in [2.24, 2.45) is 0 Å². The van der Waals surface area contributed by atoms with Crippen LogP contribution in [0.4, 0.5) is 13.2 Å². The van der Waals surface area contributed by atoms with E-state index in [1.165, 1.54) is 0 Å². The molecule has 0 spiro atoms. The number of nitrogens with zero attached hydrogens (tertiary/aromatic N) is 1. The molecule has 3 rings (SSSR count). The molecular weight excluding hydrogens is 419 g/mol. The third-order valence-corrected chi connectivity index (χ3v) is 6.88. The molecule has 1 heterocycles. The lowest BCUT2D eigenvalue weighted by Gasteiger charge is -2.31. The third-order valence-electron chi connectivity index (χ3n) is 4.99. The molecule has 1 saturated heterocycles. The van der Waals surface area contributed by atoms with Crippen LogP contribution in [0.5, 0.6) is 0 Å². The first-order chi connectivity index (χ1) is 14.1. The zero-order valence-electron chi connectivity index (χ0n) is 16.4. The smallest absolute Gasteiger partial charge is 0.370 e. The Labute approximate surface area is 173 Å². The fraction of sp³-hybridized carbons (Fsp3) is 0.381. The van der Waals surface area contributed by atoms with Gasteiger partial charge in [-0.3, -0.25) is 4.79 Å². The minimum absolute atomic E-state index is 0.103. The number of rotatable bonds is 6. The predicted molar refractivity (Wildman–Crippen MR) is 105 cm³/mol. The third kappa shape index (κ3) is 5.27. The van der Waals surface area contributed by atoms with E-state index in [4.69, 9.17) is 4.74 Å². The molecule has 0 saturated carbocycles. The van der Waals surface area contributed by atoms with Crippen LogP contribution >= 0.6 is 0 Å². The van der Waals surface area contributed by atoms with Crippen molar-refractivity contribution in [2.45, 2.75) is 36.9 Å². The molecule has 0 N–H and O–H groups in total. The van der Waals surface area contributed by atoms with Crippen molar-refractivity contribution in [1.82, 2.24) is 4.31 Å². The summed E-state index contributed by atoms with van der Waals surface area (Å²) in [6.07, 6.45) is -4.18. The van der Waals surface area contributed by atoms with Gasteiger partial charge in [0.05, 0.1) is 16.6 Å². The maximum Gasteiger partial charge on any atom is 0.416 e. The molecule has 0 aromatic heterocycles. The van der Waals surface area contributed by atoms with E-state index >= 15 is 0 Å². The largest absolute Gasteiger partial charge is 0.416 e. The summed E-state index contributed by atoms with van der Waals surface area (Å²) >= 11 is 0. The normalized spacial score (nSPS) is 16.5. The molecule has 1 fully saturated rings. The Morgan fingerprint density at radius 2 is 1.77 bits per heavy atom. The molecule has 1 aliphatic rings. The van der Waals surface area contributed by atoms with Crippen LogP contribution in [0.2, 0.25) is 0 Å². The van der Waals surface area contributed by atoms with Gasteiger partial charge in [0, 0.05) is 18.7 Å². The lowest BCUT2D eigenvalue weighted by molar-refractivity contribution is -0.137. The quantitative estimate of drug-likeness (QED) is 0.634. The summed E-state index contributed by atoms with van der Waals surface area (Å²) in [6.45, 7) is 2.01. The summed E-state index contributed by atoms with van der Waals surface area (Å²) in [5, 5.41) is 0. The molecular formula is C21H22F3NO4S. The second-order valence-electron chi connectivity index (χ2n) is 7.23. The highest BCUT2D eigenvalue weighted by molar-refractivity contribution is 7.89. The fourth-order valence-corrected chi connectivity index (χ4v) is 4.83. The van der Waals surface area contributed by atoms with Crippen molar-refractivity contribution in [3.8, 4) is 0 Å². The van der Waals surface area contributed by atoms with Gasteiger partial charge in [-0.05, 0) is 44.0 Å². The molecule has 162 valence electrons. The Balaban J connectivity index is 1.58. The molecule has 2 aromatic carbocycles. The van der Waals surface area contributed by atoms with E-state index in [1.807, 2.05) is 13.0 Å². The van der Waals surface area contributed by atoms with Gasteiger partial charge in [0.25, 0.3) is 0 Å². The molecule has 1 aliphatic heterocycles. The summed E-state index contributed by atoms with van der Waals surface area (Å²) in [7, 11) is -4.04. The summed E-state index contributed by atoms with van der Waals surface area (Å²) in [5.74, 6) is -0.155. The van der Waals surface area contributed by atoms with Crippen LogP contribution in [0.25, 0.3) is 0 Å². The molecule has 2 aromatic rings. The van der Waals surface area contributed by atoms with Crippen LogP contribution in [-0.4, -0.2) is 44.3 Å². The van der Waals surface area contributed by atoms with Gasteiger partial charge in [-0.25, -0.2) is 8.42 Å². The lowest BCUT2D eigenvalue weighted by Crippen LogP contribution is -2.41. The van der Waals surface area contributed by atoms with Gasteiger partial charge in [-0.2, -0.15) is 17.5 Å². The first-order valence-electron chi connectivity index (χ1n) is 9.46. The van der Waals surface area contributed by atoms with E-state index in [0.29, 0.717) is 24.5 Å². The van der Waals surface area contributed by atoms with Crippen LogP contribution in [0, 0.1) is 6.92 Å². The van der Waals surface area contributed by atoms with Crippen molar-refractivity contribution in [3.05, 3.63) is 65.2 Å². The summed E-state index contributed by atoms with van der Waals surface area (Å²) < 4.78 is 70.9. The van der Waals surface area contributed by atoms with E-state index in [1.54, 1.807) is 18.2 Å². The van der Waals surface area contributed by atoms with Gasteiger partial charge in [-0.15, -0.1) is 0 Å². The number of piperidine rings is 1. The highest BCUT2D eigenvalue weighted by atomic mass is 32.2. The van der Waals surface area contributed by atoms with E-state index in [2.05, 4.69) is 0 Å². The van der Waals surface area contributed by atoms with Crippen molar-refractivity contribution in [2.75, 3.05) is 19.7 Å². The molecule has 9 heteroatoms. The number of ketones is 1. The zero-order chi connectivity index (χ0) is 21.9. The number of carbonyl (C=O) groups is 1. The van der Waals surface area contributed by atoms with Gasteiger partial charge in [0.15, 0.2) is 5.78 Å². The van der Waals surface area contributed by atoms with Gasteiger partial charge in [0.2, 0.25) is 10.0 Å². The molecule has 30 heavy (non-hydrogen) atoms. The number of ether oxygens (including phenoxy) is 1. The fourth-order valence-electron chi connectivity index (χ4n) is 3.32. The summed E-state index contributed by atoms with van der Waals surface area (Å²) in [4.78, 5) is 11.9. The maximum absolute atomic E-state index is 12.9. The molecule has 0 amide bonds. The second kappa shape index (κ2) is 8.87. The van der Waals surface area contributed by atoms with Gasteiger partial charge in [0.1, 0.15) is 6.61 Å². The van der Waals surface area contributed by atoms with E-state index in [0.717, 1.165) is 28.1 Å². The Morgan fingerprint density at radius 1 is 1.10 bits per heavy atom. The van der Waals surface area contributed by atoms with E-state index < -0.39 is 21.8 Å². The standard InChI is InChI=1S/C21H22F3NO4S/c1-15-4-2-5-16(12-15)20(26)14-29-18-8-10-25(11-9-18)30(27,28)19-7-3-6-17(13-19)21(22,23)24/h2-7,12-13,18H,8-11,14H2,1H3. The lowest BCUT2D eigenvalue weighted by atomic mass is 10.1. The highest BCUT2D eigenvalue weighted by Gasteiger charge is 2.34. The van der Waals surface area contributed by atoms with Crippen LogP contribution < -0.4 is 0 Å². The number of hydrogen-bond donors (Lipinski definition) is 0. The SMILES string of the molecule is Cc1cccc(C(=O)COC2CCN(S(=O)(=O)c3cccc(C(F)(F)F)c3)CC2)c1. The van der Waals surface area contributed by atoms with Crippen molar-refractivity contribution in [3.63, 3.8) is 0 Å². The molecule has 0 bridgehead atoms. The van der Waals surface area contributed by atoms with Gasteiger partial charge in [-0.1, -0.05) is 29.8 Å². The van der Waals surface area contributed by atoms with Gasteiger partial charge < -0.3 is 4.74 Å². The average molecular weight is 441 g/mol. The topological polar surface area (TPSA) is 63.7 Å². The monoisotopic (exact) mass is 441 g/mol. The Morgan fingerprint density at radius 3 is 2.40 bits per heavy atom. The zero-order valence-corrected chi connectivity index (χ0v) is 17.2. The van der Waals surface area contributed by atoms with E-state index in [9.17, 15) is 26.4 Å². The Kier molecular flexibility index (Phi) is 6.64. The number of aryl methyl sites for hydroxylation is 1. The molecule has 0 radical (unpaired) electrons. The van der Waals surface area contributed by atoms with Gasteiger partial charge >= 0.3 is 6.18 Å². The van der Waals surface area contributed by atoms with Crippen LogP contribution in [0.1, 0.15) is 34.3 Å². The molecule has 0 aliphatic carbocycles. The van der Waals surface area contributed by atoms with Crippen LogP contribution in [0.15, 0.2) is 53.4 Å². The first kappa shape index (κ1) is 22.5. The van der Waals surface area contributed by atoms with E-state index in [-0.39, 0.29) is 36.5 Å². The van der Waals surface area contributed by atoms with Crippen molar-refractivity contribution >= 4 is 15.8 Å². The molecule has 5 nitrogen and oxygen atoms in total. The second-order valence-corrected chi connectivity index (χ2v) is 9.17. The average Bonchev–Trinajstić information content (AvgIpc) is 2.72. The Bertz CT molecular complexity index is 1010. The number of hydrogen-bond acceptors (Lipinski definition) is 4. The highest BCUT2D eigenvalue weighted by Crippen LogP contribution is 2.31. The van der Waals surface area contributed by atoms with Crippen molar-refractivity contribution in [1.29, 1.82) is 0 Å². The number of sulfonamides is 1. The number of benzene rings is 2. The Hall–Kier alpha value is -2.23. The number of alkyl halides is 3. The minimum Gasteiger partial charge on any atom is -0.370 e.